The fourth-order valence-electron chi connectivity index (χ4n) is 3.74. The topological polar surface area (TPSA) is 65.3 Å². The summed E-state index contributed by atoms with van der Waals surface area (Å²) in [5, 5.41) is 9.11. The Balaban J connectivity index is 1.58. The van der Waals surface area contributed by atoms with Crippen molar-refractivity contribution in [2.75, 3.05) is 37.7 Å². The number of morpholine rings is 1. The van der Waals surface area contributed by atoms with Gasteiger partial charge in [0.25, 0.3) is 0 Å². The van der Waals surface area contributed by atoms with E-state index in [1.807, 2.05) is 25.1 Å². The number of hydrogen-bond donors (Lipinski definition) is 0. The zero-order valence-corrected chi connectivity index (χ0v) is 15.1. The average molecular weight is 349 g/mol. The van der Waals surface area contributed by atoms with E-state index < -0.39 is 0 Å². The van der Waals surface area contributed by atoms with Gasteiger partial charge in [0.05, 0.1) is 30.5 Å². The molecule has 6 heteroatoms. The van der Waals surface area contributed by atoms with E-state index in [-0.39, 0.29) is 0 Å². The lowest BCUT2D eigenvalue weighted by Crippen LogP contribution is -2.39. The predicted octanol–water partition coefficient (Wildman–Crippen LogP) is 2.05. The second kappa shape index (κ2) is 7.40. The van der Waals surface area contributed by atoms with Crippen molar-refractivity contribution >= 4 is 5.82 Å². The van der Waals surface area contributed by atoms with E-state index in [9.17, 15) is 0 Å². The van der Waals surface area contributed by atoms with Crippen LogP contribution in [0.5, 0.6) is 0 Å². The zero-order chi connectivity index (χ0) is 17.9. The third-order valence-corrected chi connectivity index (χ3v) is 5.00. The monoisotopic (exact) mass is 349 g/mol. The SMILES string of the molecule is Cc1nc2c(c(N3CCOCC3)n1)CN(Cc1cccc(C#N)c1)CC2. The molecule has 0 spiro atoms. The van der Waals surface area contributed by atoms with Gasteiger partial charge < -0.3 is 9.64 Å². The van der Waals surface area contributed by atoms with Gasteiger partial charge in [0.15, 0.2) is 0 Å². The van der Waals surface area contributed by atoms with Crippen LogP contribution in [0.15, 0.2) is 24.3 Å². The van der Waals surface area contributed by atoms with Crippen LogP contribution < -0.4 is 4.90 Å². The van der Waals surface area contributed by atoms with E-state index in [0.717, 1.165) is 64.0 Å². The highest BCUT2D eigenvalue weighted by atomic mass is 16.5. The third kappa shape index (κ3) is 3.55. The molecule has 2 aliphatic rings. The van der Waals surface area contributed by atoms with Crippen molar-refractivity contribution in [3.8, 4) is 6.07 Å². The van der Waals surface area contributed by atoms with E-state index in [1.54, 1.807) is 0 Å². The van der Waals surface area contributed by atoms with Crippen molar-refractivity contribution < 1.29 is 4.74 Å². The van der Waals surface area contributed by atoms with Crippen LogP contribution in [0.2, 0.25) is 0 Å². The van der Waals surface area contributed by atoms with Crippen molar-refractivity contribution in [1.82, 2.24) is 14.9 Å². The van der Waals surface area contributed by atoms with Crippen LogP contribution in [0.1, 0.15) is 28.2 Å². The number of benzene rings is 1. The molecule has 2 aromatic rings. The van der Waals surface area contributed by atoms with Crippen LogP contribution in [0.4, 0.5) is 5.82 Å². The summed E-state index contributed by atoms with van der Waals surface area (Å²) in [7, 11) is 0. The Bertz CT molecular complexity index is 839. The summed E-state index contributed by atoms with van der Waals surface area (Å²) in [4.78, 5) is 14.2. The Labute approximate surface area is 154 Å². The number of hydrogen-bond acceptors (Lipinski definition) is 6. The molecule has 6 nitrogen and oxygen atoms in total. The first-order valence-electron chi connectivity index (χ1n) is 9.13. The number of nitrogens with zero attached hydrogens (tertiary/aromatic N) is 5. The number of ether oxygens (including phenoxy) is 1. The number of anilines is 1. The van der Waals surface area contributed by atoms with Crippen molar-refractivity contribution in [2.45, 2.75) is 26.4 Å². The molecule has 134 valence electrons. The normalized spacial score (nSPS) is 17.6. The molecule has 0 unspecified atom stereocenters. The summed E-state index contributed by atoms with van der Waals surface area (Å²) < 4.78 is 5.50. The highest BCUT2D eigenvalue weighted by Crippen LogP contribution is 2.28. The first-order chi connectivity index (χ1) is 12.7. The molecule has 0 bridgehead atoms. The highest BCUT2D eigenvalue weighted by molar-refractivity contribution is 5.50. The molecule has 3 heterocycles. The van der Waals surface area contributed by atoms with Gasteiger partial charge in [-0.2, -0.15) is 5.26 Å². The molecule has 1 aromatic heterocycles. The van der Waals surface area contributed by atoms with Gasteiger partial charge in [0, 0.05) is 44.7 Å². The Morgan fingerprint density at radius 1 is 1.19 bits per heavy atom. The second-order valence-electron chi connectivity index (χ2n) is 6.89. The van der Waals surface area contributed by atoms with Gasteiger partial charge >= 0.3 is 0 Å². The zero-order valence-electron chi connectivity index (χ0n) is 15.1. The van der Waals surface area contributed by atoms with E-state index in [1.165, 1.54) is 16.8 Å². The van der Waals surface area contributed by atoms with Crippen LogP contribution in [0, 0.1) is 18.3 Å². The molecule has 0 atom stereocenters. The van der Waals surface area contributed by atoms with E-state index in [4.69, 9.17) is 20.0 Å². The standard InChI is InChI=1S/C20H23N5O/c1-15-22-19-5-6-24(13-17-4-2-3-16(11-17)12-21)14-18(19)20(23-15)25-7-9-26-10-8-25/h2-4,11H,5-10,13-14H2,1H3. The van der Waals surface area contributed by atoms with Crippen LogP contribution in [-0.4, -0.2) is 47.7 Å². The minimum atomic E-state index is 0.716. The van der Waals surface area contributed by atoms with Crippen molar-refractivity contribution in [1.29, 1.82) is 5.26 Å². The Hall–Kier alpha value is -2.49. The summed E-state index contributed by atoms with van der Waals surface area (Å²) >= 11 is 0. The van der Waals surface area contributed by atoms with Crippen molar-refractivity contribution in [3.05, 3.63) is 52.5 Å². The Kier molecular flexibility index (Phi) is 4.83. The van der Waals surface area contributed by atoms with Crippen LogP contribution in [0.25, 0.3) is 0 Å². The van der Waals surface area contributed by atoms with Gasteiger partial charge in [0.2, 0.25) is 0 Å². The summed E-state index contributed by atoms with van der Waals surface area (Å²) in [6.07, 6.45) is 0.938. The minimum absolute atomic E-state index is 0.716. The number of rotatable bonds is 3. The maximum absolute atomic E-state index is 9.11. The highest BCUT2D eigenvalue weighted by Gasteiger charge is 2.25. The average Bonchev–Trinajstić information content (AvgIpc) is 2.68. The lowest BCUT2D eigenvalue weighted by Gasteiger charge is -2.34. The van der Waals surface area contributed by atoms with E-state index in [2.05, 4.69) is 21.9 Å². The maximum atomic E-state index is 9.11. The second-order valence-corrected chi connectivity index (χ2v) is 6.89. The maximum Gasteiger partial charge on any atom is 0.137 e. The fraction of sp³-hybridized carbons (Fsp3) is 0.450. The molecule has 0 aliphatic carbocycles. The van der Waals surface area contributed by atoms with Gasteiger partial charge in [-0.3, -0.25) is 4.90 Å². The van der Waals surface area contributed by atoms with Crippen LogP contribution in [-0.2, 0) is 24.2 Å². The molecule has 0 saturated carbocycles. The first kappa shape index (κ1) is 17.0. The fourth-order valence-corrected chi connectivity index (χ4v) is 3.74. The van der Waals surface area contributed by atoms with Gasteiger partial charge in [-0.05, 0) is 24.6 Å². The Morgan fingerprint density at radius 2 is 2.04 bits per heavy atom. The van der Waals surface area contributed by atoms with Gasteiger partial charge in [-0.25, -0.2) is 9.97 Å². The van der Waals surface area contributed by atoms with Gasteiger partial charge in [0.1, 0.15) is 11.6 Å². The molecular weight excluding hydrogens is 326 g/mol. The molecule has 1 saturated heterocycles. The van der Waals surface area contributed by atoms with Gasteiger partial charge in [-0.15, -0.1) is 0 Å². The summed E-state index contributed by atoms with van der Waals surface area (Å²) in [6.45, 7) is 7.91. The Morgan fingerprint density at radius 3 is 2.85 bits per heavy atom. The van der Waals surface area contributed by atoms with E-state index in [0.29, 0.717) is 5.56 Å². The molecule has 2 aliphatic heterocycles. The molecule has 1 fully saturated rings. The lowest BCUT2D eigenvalue weighted by molar-refractivity contribution is 0.122. The summed E-state index contributed by atoms with van der Waals surface area (Å²) in [5.74, 6) is 1.92. The smallest absolute Gasteiger partial charge is 0.137 e. The summed E-state index contributed by atoms with van der Waals surface area (Å²) in [5.41, 5.74) is 4.32. The number of nitriles is 1. The predicted molar refractivity (Wildman–Crippen MR) is 98.8 cm³/mol. The van der Waals surface area contributed by atoms with Crippen LogP contribution >= 0.6 is 0 Å². The van der Waals surface area contributed by atoms with Crippen molar-refractivity contribution in [2.24, 2.45) is 0 Å². The summed E-state index contributed by atoms with van der Waals surface area (Å²) in [6, 6.07) is 10.1. The van der Waals surface area contributed by atoms with Gasteiger partial charge in [-0.1, -0.05) is 12.1 Å². The number of fused-ring (bicyclic) bond motifs is 1. The largest absolute Gasteiger partial charge is 0.378 e. The number of aryl methyl sites for hydroxylation is 1. The first-order valence-corrected chi connectivity index (χ1v) is 9.13. The number of aromatic nitrogens is 2. The molecule has 1 aromatic carbocycles. The third-order valence-electron chi connectivity index (χ3n) is 5.00. The minimum Gasteiger partial charge on any atom is -0.378 e. The molecule has 0 radical (unpaired) electrons. The molecule has 4 rings (SSSR count). The van der Waals surface area contributed by atoms with Crippen molar-refractivity contribution in [3.63, 3.8) is 0 Å². The quantitative estimate of drug-likeness (QED) is 0.845. The molecule has 0 N–H and O–H groups in total. The molecular formula is C20H23N5O. The lowest BCUT2D eigenvalue weighted by atomic mass is 10.0. The molecule has 26 heavy (non-hydrogen) atoms. The molecule has 0 amide bonds. The van der Waals surface area contributed by atoms with E-state index >= 15 is 0 Å². The van der Waals surface area contributed by atoms with Crippen LogP contribution in [0.3, 0.4) is 0 Å².